The Kier molecular flexibility index (Phi) is 8.44. The monoisotopic (exact) mass is 445 g/mol. The molecule has 31 heavy (non-hydrogen) atoms. The van der Waals surface area contributed by atoms with Gasteiger partial charge in [-0.1, -0.05) is 6.07 Å². The molecule has 7 nitrogen and oxygen atoms in total. The number of benzene rings is 1. The van der Waals surface area contributed by atoms with Gasteiger partial charge in [-0.2, -0.15) is 0 Å². The minimum absolute atomic E-state index is 0.275. The van der Waals surface area contributed by atoms with Crippen molar-refractivity contribution in [1.29, 1.82) is 0 Å². The fraction of sp³-hybridized carbons (Fsp3) is 0.522. The molecule has 3 heterocycles. The lowest BCUT2D eigenvalue weighted by molar-refractivity contribution is 0.0168. The Balaban J connectivity index is 1.29. The molecule has 0 aliphatic carbocycles. The lowest BCUT2D eigenvalue weighted by Gasteiger charge is -2.15. The highest BCUT2D eigenvalue weighted by atomic mass is 32.1. The van der Waals surface area contributed by atoms with E-state index in [-0.39, 0.29) is 6.10 Å². The van der Waals surface area contributed by atoms with E-state index in [1.54, 1.807) is 11.3 Å². The first kappa shape index (κ1) is 21.9. The number of rotatable bonds is 9. The summed E-state index contributed by atoms with van der Waals surface area (Å²) in [4.78, 5) is 5.97. The number of anilines is 1. The van der Waals surface area contributed by atoms with Crippen molar-refractivity contribution < 1.29 is 18.9 Å². The van der Waals surface area contributed by atoms with Crippen molar-refractivity contribution in [2.45, 2.75) is 38.3 Å². The first-order valence-corrected chi connectivity index (χ1v) is 11.9. The summed E-state index contributed by atoms with van der Waals surface area (Å²) in [7, 11) is 0. The fourth-order valence-corrected chi connectivity index (χ4v) is 4.08. The third-order valence-corrected chi connectivity index (χ3v) is 5.93. The molecule has 2 N–H and O–H groups in total. The molecule has 2 aromatic rings. The number of ether oxygens (including phenoxy) is 4. The minimum atomic E-state index is 0.275. The average molecular weight is 446 g/mol. The largest absolute Gasteiger partial charge is 0.490 e. The molecule has 1 fully saturated rings. The van der Waals surface area contributed by atoms with E-state index in [2.05, 4.69) is 22.1 Å². The molecule has 1 saturated heterocycles. The van der Waals surface area contributed by atoms with Gasteiger partial charge in [0, 0.05) is 42.8 Å². The SMILES string of the molecule is c1csc(CN=C(NCCCOCC2CCCO2)Nc2ccc3c(c2)OCCCO3)c1. The molecule has 8 heteroatoms. The highest BCUT2D eigenvalue weighted by Crippen LogP contribution is 2.32. The molecule has 1 aromatic heterocycles. The van der Waals surface area contributed by atoms with Crippen molar-refractivity contribution in [3.63, 3.8) is 0 Å². The maximum absolute atomic E-state index is 5.81. The van der Waals surface area contributed by atoms with Gasteiger partial charge < -0.3 is 29.6 Å². The Morgan fingerprint density at radius 3 is 2.90 bits per heavy atom. The van der Waals surface area contributed by atoms with Crippen LogP contribution in [0.2, 0.25) is 0 Å². The Hall–Kier alpha value is -2.29. The molecular weight excluding hydrogens is 414 g/mol. The zero-order chi connectivity index (χ0) is 21.1. The van der Waals surface area contributed by atoms with Crippen LogP contribution >= 0.6 is 11.3 Å². The Labute approximate surface area is 187 Å². The zero-order valence-corrected chi connectivity index (χ0v) is 18.6. The lowest BCUT2D eigenvalue weighted by Crippen LogP contribution is -2.32. The molecule has 0 radical (unpaired) electrons. The summed E-state index contributed by atoms with van der Waals surface area (Å²) in [5.41, 5.74) is 0.913. The Morgan fingerprint density at radius 2 is 2.06 bits per heavy atom. The van der Waals surface area contributed by atoms with Crippen LogP contribution in [0.4, 0.5) is 5.69 Å². The van der Waals surface area contributed by atoms with Gasteiger partial charge in [0.15, 0.2) is 17.5 Å². The maximum atomic E-state index is 5.81. The number of nitrogens with zero attached hydrogens (tertiary/aromatic N) is 1. The van der Waals surface area contributed by atoms with Crippen molar-refractivity contribution in [1.82, 2.24) is 5.32 Å². The van der Waals surface area contributed by atoms with Crippen LogP contribution in [0.25, 0.3) is 0 Å². The van der Waals surface area contributed by atoms with Gasteiger partial charge in [0.1, 0.15) is 0 Å². The lowest BCUT2D eigenvalue weighted by atomic mass is 10.2. The molecule has 2 aliphatic heterocycles. The Bertz CT molecular complexity index is 822. The third-order valence-electron chi connectivity index (χ3n) is 5.07. The smallest absolute Gasteiger partial charge is 0.196 e. The van der Waals surface area contributed by atoms with Crippen LogP contribution in [0.3, 0.4) is 0 Å². The third kappa shape index (κ3) is 7.12. The van der Waals surface area contributed by atoms with E-state index in [1.165, 1.54) is 4.88 Å². The van der Waals surface area contributed by atoms with E-state index >= 15 is 0 Å². The highest BCUT2D eigenvalue weighted by Gasteiger charge is 2.15. The molecule has 0 amide bonds. The number of guanidine groups is 1. The second-order valence-electron chi connectivity index (χ2n) is 7.57. The molecule has 0 saturated carbocycles. The zero-order valence-electron chi connectivity index (χ0n) is 17.8. The molecule has 168 valence electrons. The molecule has 0 bridgehead atoms. The highest BCUT2D eigenvalue weighted by molar-refractivity contribution is 7.09. The molecule has 1 aromatic carbocycles. The number of aliphatic imine (C=N–C) groups is 1. The molecule has 1 unspecified atom stereocenters. The molecule has 1 atom stereocenters. The molecule has 2 aliphatic rings. The molecular formula is C23H31N3O4S. The van der Waals surface area contributed by atoms with Gasteiger partial charge in [-0.05, 0) is 42.8 Å². The van der Waals surface area contributed by atoms with Crippen LogP contribution in [0.15, 0.2) is 40.7 Å². The van der Waals surface area contributed by atoms with E-state index in [0.29, 0.717) is 33.0 Å². The normalized spacial score (nSPS) is 18.6. The number of nitrogens with one attached hydrogen (secondary N) is 2. The van der Waals surface area contributed by atoms with Crippen LogP contribution in [0.5, 0.6) is 11.5 Å². The van der Waals surface area contributed by atoms with Gasteiger partial charge in [0.25, 0.3) is 0 Å². The van der Waals surface area contributed by atoms with Crippen LogP contribution in [-0.2, 0) is 16.0 Å². The number of thiophene rings is 1. The summed E-state index contributed by atoms with van der Waals surface area (Å²) in [6.45, 7) is 5.01. The second kappa shape index (κ2) is 11.9. The summed E-state index contributed by atoms with van der Waals surface area (Å²) in [5.74, 6) is 2.29. The summed E-state index contributed by atoms with van der Waals surface area (Å²) in [6.07, 6.45) is 4.31. The molecule has 0 spiro atoms. The van der Waals surface area contributed by atoms with Crippen molar-refractivity contribution in [3.05, 3.63) is 40.6 Å². The average Bonchev–Trinajstić information content (AvgIpc) is 3.45. The number of hydrogen-bond donors (Lipinski definition) is 2. The van der Waals surface area contributed by atoms with Crippen LogP contribution in [0, 0.1) is 0 Å². The van der Waals surface area contributed by atoms with Crippen LogP contribution in [-0.4, -0.2) is 51.6 Å². The van der Waals surface area contributed by atoms with Crippen molar-refractivity contribution in [3.8, 4) is 11.5 Å². The van der Waals surface area contributed by atoms with Crippen molar-refractivity contribution in [2.24, 2.45) is 4.99 Å². The van der Waals surface area contributed by atoms with Crippen LogP contribution < -0.4 is 20.1 Å². The Morgan fingerprint density at radius 1 is 1.13 bits per heavy atom. The van der Waals surface area contributed by atoms with E-state index in [4.69, 9.17) is 23.9 Å². The summed E-state index contributed by atoms with van der Waals surface area (Å²) >= 11 is 1.71. The van der Waals surface area contributed by atoms with E-state index in [0.717, 1.165) is 62.0 Å². The predicted molar refractivity (Wildman–Crippen MR) is 124 cm³/mol. The van der Waals surface area contributed by atoms with Crippen LogP contribution in [0.1, 0.15) is 30.6 Å². The molecule has 4 rings (SSSR count). The standard InChI is InChI=1S/C23H31N3O4S/c1-5-19(28-11-1)17-27-10-3-9-24-23(25-16-20-6-2-14-31-20)26-18-7-8-21-22(15-18)30-13-4-12-29-21/h2,6-8,14-15,19H,1,3-5,9-13,16-17H2,(H2,24,25,26). The maximum Gasteiger partial charge on any atom is 0.196 e. The number of fused-ring (bicyclic) bond motifs is 1. The topological polar surface area (TPSA) is 73.3 Å². The van der Waals surface area contributed by atoms with E-state index in [9.17, 15) is 0 Å². The predicted octanol–water partition coefficient (Wildman–Crippen LogP) is 4.05. The first-order chi connectivity index (χ1) is 15.4. The van der Waals surface area contributed by atoms with Gasteiger partial charge in [0.05, 0.1) is 32.5 Å². The summed E-state index contributed by atoms with van der Waals surface area (Å²) in [6, 6.07) is 10.0. The first-order valence-electron chi connectivity index (χ1n) is 11.0. The van der Waals surface area contributed by atoms with Gasteiger partial charge in [-0.15, -0.1) is 11.3 Å². The quantitative estimate of drug-likeness (QED) is 0.345. The minimum Gasteiger partial charge on any atom is -0.490 e. The summed E-state index contributed by atoms with van der Waals surface area (Å²) < 4.78 is 22.9. The van der Waals surface area contributed by atoms with E-state index in [1.807, 2.05) is 24.3 Å². The van der Waals surface area contributed by atoms with Crippen molar-refractivity contribution in [2.75, 3.05) is 44.9 Å². The van der Waals surface area contributed by atoms with Crippen molar-refractivity contribution >= 4 is 23.0 Å². The van der Waals surface area contributed by atoms with Gasteiger partial charge in [-0.25, -0.2) is 4.99 Å². The second-order valence-corrected chi connectivity index (χ2v) is 8.60. The number of hydrogen-bond acceptors (Lipinski definition) is 6. The van der Waals surface area contributed by atoms with E-state index < -0.39 is 0 Å². The van der Waals surface area contributed by atoms with Gasteiger partial charge >= 0.3 is 0 Å². The van der Waals surface area contributed by atoms with Gasteiger partial charge in [-0.3, -0.25) is 0 Å². The summed E-state index contributed by atoms with van der Waals surface area (Å²) in [5, 5.41) is 8.88. The fourth-order valence-electron chi connectivity index (χ4n) is 3.45. The van der Waals surface area contributed by atoms with Gasteiger partial charge in [0.2, 0.25) is 0 Å².